The number of ether oxygens (including phenoxy) is 1. The normalized spacial score (nSPS) is 14.2. The topological polar surface area (TPSA) is 75.7 Å². The fraction of sp³-hybridized carbons (Fsp3) is 0.250. The molecule has 2 aromatic rings. The average molecular weight is 352 g/mol. The highest BCUT2D eigenvalue weighted by molar-refractivity contribution is 6.07. The van der Waals surface area contributed by atoms with Crippen LogP contribution in [0.1, 0.15) is 29.8 Å². The molecule has 1 heterocycles. The molecule has 1 atom stereocenters. The van der Waals surface area contributed by atoms with Gasteiger partial charge in [-0.3, -0.25) is 19.3 Å². The molecule has 2 aromatic carbocycles. The summed E-state index contributed by atoms with van der Waals surface area (Å²) >= 11 is 0. The highest BCUT2D eigenvalue weighted by atomic mass is 16.5. The fourth-order valence-electron chi connectivity index (χ4n) is 2.87. The fourth-order valence-corrected chi connectivity index (χ4v) is 2.87. The van der Waals surface area contributed by atoms with Gasteiger partial charge in [0.1, 0.15) is 18.1 Å². The lowest BCUT2D eigenvalue weighted by atomic mass is 10.1. The highest BCUT2D eigenvalue weighted by Crippen LogP contribution is 2.34. The Hall–Kier alpha value is -3.15. The summed E-state index contributed by atoms with van der Waals surface area (Å²) in [6.45, 7) is 3.57. The first kappa shape index (κ1) is 17.7. The summed E-state index contributed by atoms with van der Waals surface area (Å²) in [5.41, 5.74) is 2.68. The Bertz CT molecular complexity index is 845. The van der Waals surface area contributed by atoms with Crippen LogP contribution in [0.15, 0.2) is 42.5 Å². The summed E-state index contributed by atoms with van der Waals surface area (Å²) in [6.07, 6.45) is 1.61. The van der Waals surface area contributed by atoms with E-state index in [0.717, 1.165) is 6.42 Å². The number of hydrogen-bond donors (Lipinski definition) is 1. The van der Waals surface area contributed by atoms with Crippen LogP contribution in [0.25, 0.3) is 0 Å². The minimum atomic E-state index is -0.752. The van der Waals surface area contributed by atoms with E-state index in [1.54, 1.807) is 25.1 Å². The molecule has 6 nitrogen and oxygen atoms in total. The molecule has 3 rings (SSSR count). The number of amides is 2. The van der Waals surface area contributed by atoms with Crippen molar-refractivity contribution < 1.29 is 19.1 Å². The lowest BCUT2D eigenvalue weighted by Gasteiger charge is -2.33. The van der Waals surface area contributed by atoms with Gasteiger partial charge in [0.05, 0.1) is 5.69 Å². The van der Waals surface area contributed by atoms with E-state index < -0.39 is 6.04 Å². The number of hydrogen-bond acceptors (Lipinski definition) is 4. The molecule has 1 aliphatic rings. The van der Waals surface area contributed by atoms with E-state index >= 15 is 0 Å². The Morgan fingerprint density at radius 1 is 1.27 bits per heavy atom. The predicted molar refractivity (Wildman–Crippen MR) is 98.7 cm³/mol. The van der Waals surface area contributed by atoms with Gasteiger partial charge >= 0.3 is 0 Å². The summed E-state index contributed by atoms with van der Waals surface area (Å²) < 4.78 is 5.40. The number of benzene rings is 2. The molecule has 0 saturated heterocycles. The number of carbonyl (C=O) groups is 3. The Kier molecular flexibility index (Phi) is 5.02. The molecule has 0 aliphatic carbocycles. The number of aryl methyl sites for hydroxylation is 1. The van der Waals surface area contributed by atoms with Crippen molar-refractivity contribution in [3.8, 4) is 5.75 Å². The number of carbonyl (C=O) groups excluding carboxylic acids is 3. The molecule has 1 N–H and O–H groups in total. The average Bonchev–Trinajstić information content (AvgIpc) is 2.67. The Morgan fingerprint density at radius 3 is 2.65 bits per heavy atom. The monoisotopic (exact) mass is 352 g/mol. The molecule has 0 aromatic heterocycles. The molecule has 134 valence electrons. The van der Waals surface area contributed by atoms with E-state index in [4.69, 9.17) is 4.74 Å². The van der Waals surface area contributed by atoms with Crippen molar-refractivity contribution in [3.05, 3.63) is 53.6 Å². The molecular formula is C20H20N2O4. The first-order valence-corrected chi connectivity index (χ1v) is 8.47. The van der Waals surface area contributed by atoms with Gasteiger partial charge in [0.25, 0.3) is 5.91 Å². The van der Waals surface area contributed by atoms with Crippen LogP contribution in [0.5, 0.6) is 5.75 Å². The van der Waals surface area contributed by atoms with Crippen molar-refractivity contribution in [2.75, 3.05) is 16.8 Å². The SMILES string of the molecule is CCc1ccc(NC(=O)C(C)N2C(=O)COc3ccc(C=O)cc32)cc1. The van der Waals surface area contributed by atoms with Gasteiger partial charge in [-0.15, -0.1) is 0 Å². The maximum absolute atomic E-state index is 12.7. The van der Waals surface area contributed by atoms with Crippen LogP contribution in [0.4, 0.5) is 11.4 Å². The van der Waals surface area contributed by atoms with E-state index in [2.05, 4.69) is 12.2 Å². The van der Waals surface area contributed by atoms with Gasteiger partial charge in [-0.05, 0) is 49.2 Å². The molecular weight excluding hydrogens is 332 g/mol. The van der Waals surface area contributed by atoms with E-state index in [9.17, 15) is 14.4 Å². The quantitative estimate of drug-likeness (QED) is 0.840. The van der Waals surface area contributed by atoms with E-state index in [-0.39, 0.29) is 18.4 Å². The minimum Gasteiger partial charge on any atom is -0.482 e. The van der Waals surface area contributed by atoms with Crippen LogP contribution in [0.2, 0.25) is 0 Å². The smallest absolute Gasteiger partial charge is 0.265 e. The van der Waals surface area contributed by atoms with Crippen molar-refractivity contribution in [3.63, 3.8) is 0 Å². The van der Waals surface area contributed by atoms with Crippen molar-refractivity contribution in [1.82, 2.24) is 0 Å². The Morgan fingerprint density at radius 2 is 2.00 bits per heavy atom. The molecule has 0 radical (unpaired) electrons. The van der Waals surface area contributed by atoms with Crippen molar-refractivity contribution in [2.45, 2.75) is 26.3 Å². The van der Waals surface area contributed by atoms with Crippen LogP contribution in [0, 0.1) is 0 Å². The number of nitrogens with one attached hydrogen (secondary N) is 1. The summed E-state index contributed by atoms with van der Waals surface area (Å²) in [7, 11) is 0. The number of fused-ring (bicyclic) bond motifs is 1. The lowest BCUT2D eigenvalue weighted by molar-refractivity contribution is -0.125. The second-order valence-corrected chi connectivity index (χ2v) is 6.11. The number of nitrogens with zero attached hydrogens (tertiary/aromatic N) is 1. The zero-order valence-electron chi connectivity index (χ0n) is 14.7. The number of rotatable bonds is 5. The van der Waals surface area contributed by atoms with E-state index in [1.807, 2.05) is 24.3 Å². The number of aldehydes is 1. The summed E-state index contributed by atoms with van der Waals surface area (Å²) in [6, 6.07) is 11.6. The Balaban J connectivity index is 1.84. The lowest BCUT2D eigenvalue weighted by Crippen LogP contribution is -2.49. The van der Waals surface area contributed by atoms with Gasteiger partial charge in [-0.1, -0.05) is 19.1 Å². The van der Waals surface area contributed by atoms with Gasteiger partial charge in [0, 0.05) is 11.3 Å². The van der Waals surface area contributed by atoms with Crippen LogP contribution in [0.3, 0.4) is 0 Å². The van der Waals surface area contributed by atoms with Crippen molar-refractivity contribution in [2.24, 2.45) is 0 Å². The second-order valence-electron chi connectivity index (χ2n) is 6.11. The van der Waals surface area contributed by atoms with Gasteiger partial charge in [-0.2, -0.15) is 0 Å². The maximum Gasteiger partial charge on any atom is 0.265 e. The van der Waals surface area contributed by atoms with Crippen LogP contribution < -0.4 is 15.0 Å². The standard InChI is InChI=1S/C20H20N2O4/c1-3-14-4-7-16(8-5-14)21-20(25)13(2)22-17-10-15(11-23)6-9-18(17)26-12-19(22)24/h4-11,13H,3,12H2,1-2H3,(H,21,25). The molecule has 0 saturated carbocycles. The molecule has 0 spiro atoms. The van der Waals surface area contributed by atoms with Crippen LogP contribution in [-0.4, -0.2) is 30.7 Å². The third-order valence-corrected chi connectivity index (χ3v) is 4.39. The van der Waals surface area contributed by atoms with Crippen LogP contribution in [-0.2, 0) is 16.0 Å². The summed E-state index contributed by atoms with van der Waals surface area (Å²) in [5.74, 6) is -0.168. The zero-order chi connectivity index (χ0) is 18.7. The van der Waals surface area contributed by atoms with Gasteiger partial charge < -0.3 is 10.1 Å². The first-order chi connectivity index (χ1) is 12.5. The van der Waals surface area contributed by atoms with E-state index in [0.29, 0.717) is 29.0 Å². The van der Waals surface area contributed by atoms with Gasteiger partial charge in [-0.25, -0.2) is 0 Å². The van der Waals surface area contributed by atoms with Crippen molar-refractivity contribution in [1.29, 1.82) is 0 Å². The first-order valence-electron chi connectivity index (χ1n) is 8.47. The minimum absolute atomic E-state index is 0.143. The van der Waals surface area contributed by atoms with Crippen molar-refractivity contribution >= 4 is 29.5 Å². The summed E-state index contributed by atoms with van der Waals surface area (Å²) in [4.78, 5) is 37.5. The molecule has 0 fully saturated rings. The third kappa shape index (κ3) is 3.44. The molecule has 6 heteroatoms. The van der Waals surface area contributed by atoms with E-state index in [1.165, 1.54) is 10.5 Å². The number of anilines is 2. The van der Waals surface area contributed by atoms with Gasteiger partial charge in [0.15, 0.2) is 6.61 Å². The van der Waals surface area contributed by atoms with Crippen LogP contribution >= 0.6 is 0 Å². The third-order valence-electron chi connectivity index (χ3n) is 4.39. The maximum atomic E-state index is 12.7. The molecule has 1 unspecified atom stereocenters. The highest BCUT2D eigenvalue weighted by Gasteiger charge is 2.33. The molecule has 0 bridgehead atoms. The van der Waals surface area contributed by atoms with Gasteiger partial charge in [0.2, 0.25) is 5.91 Å². The predicted octanol–water partition coefficient (Wildman–Crippen LogP) is 2.81. The molecule has 1 aliphatic heterocycles. The summed E-state index contributed by atoms with van der Waals surface area (Å²) in [5, 5.41) is 2.83. The molecule has 2 amide bonds. The Labute approximate surface area is 151 Å². The largest absolute Gasteiger partial charge is 0.482 e. The second kappa shape index (κ2) is 7.39. The molecule has 26 heavy (non-hydrogen) atoms. The zero-order valence-corrected chi connectivity index (χ0v) is 14.7.